The fraction of sp³-hybridized carbons (Fsp3) is 0.111. The van der Waals surface area contributed by atoms with E-state index in [1.807, 2.05) is 6.92 Å². The van der Waals surface area contributed by atoms with Gasteiger partial charge in [-0.3, -0.25) is 10.1 Å². The van der Waals surface area contributed by atoms with E-state index in [9.17, 15) is 10.1 Å². The Bertz CT molecular complexity index is 1140. The van der Waals surface area contributed by atoms with Crippen molar-refractivity contribution in [2.45, 2.75) is 17.4 Å². The summed E-state index contributed by atoms with van der Waals surface area (Å²) in [6.07, 6.45) is 0. The highest BCUT2D eigenvalue weighted by Gasteiger charge is 2.20. The van der Waals surface area contributed by atoms with Crippen LogP contribution < -0.4 is 0 Å². The second-order valence-corrected chi connectivity index (χ2v) is 7.62. The molecule has 0 aliphatic heterocycles. The van der Waals surface area contributed by atoms with Crippen molar-refractivity contribution in [3.05, 3.63) is 69.6 Å². The number of nitro benzene ring substituents is 1. The van der Waals surface area contributed by atoms with E-state index in [1.54, 1.807) is 36.4 Å². The van der Waals surface area contributed by atoms with Gasteiger partial charge in [0.2, 0.25) is 17.7 Å². The maximum absolute atomic E-state index is 10.7. The molecule has 1 unspecified atom stereocenters. The number of nitrogens with zero attached hydrogens (tertiary/aromatic N) is 5. The predicted molar refractivity (Wildman–Crippen MR) is 105 cm³/mol. The molecule has 2 heterocycles. The molecule has 0 bridgehead atoms. The lowest BCUT2D eigenvalue weighted by atomic mass is 10.2. The Hall–Kier alpha value is -3.24. The summed E-state index contributed by atoms with van der Waals surface area (Å²) in [5, 5.41) is 27.6. The number of rotatable bonds is 6. The van der Waals surface area contributed by atoms with E-state index in [0.29, 0.717) is 27.6 Å². The Balaban J connectivity index is 1.46. The number of thioether (sulfide) groups is 1. The van der Waals surface area contributed by atoms with E-state index in [0.717, 1.165) is 5.56 Å². The zero-order valence-corrected chi connectivity index (χ0v) is 16.4. The average molecular weight is 430 g/mol. The van der Waals surface area contributed by atoms with Gasteiger partial charge in [-0.25, -0.2) is 0 Å². The highest BCUT2D eigenvalue weighted by molar-refractivity contribution is 7.99. The minimum Gasteiger partial charge on any atom is -0.419 e. The number of hydrogen-bond donors (Lipinski definition) is 0. The summed E-state index contributed by atoms with van der Waals surface area (Å²) in [5.74, 6) is 1.03. The molecule has 146 valence electrons. The van der Waals surface area contributed by atoms with E-state index in [-0.39, 0.29) is 16.8 Å². The van der Waals surface area contributed by atoms with Crippen LogP contribution in [0.3, 0.4) is 0 Å². The first kappa shape index (κ1) is 19.1. The molecule has 9 nitrogen and oxygen atoms in total. The lowest BCUT2D eigenvalue weighted by Gasteiger charge is -2.01. The van der Waals surface area contributed by atoms with Gasteiger partial charge in [-0.05, 0) is 43.3 Å². The minimum atomic E-state index is -0.468. The zero-order chi connectivity index (χ0) is 20.4. The van der Waals surface area contributed by atoms with Gasteiger partial charge in [0.15, 0.2) is 0 Å². The quantitative estimate of drug-likeness (QED) is 0.231. The van der Waals surface area contributed by atoms with Crippen LogP contribution in [0.4, 0.5) is 5.69 Å². The highest BCUT2D eigenvalue weighted by Crippen LogP contribution is 2.35. The summed E-state index contributed by atoms with van der Waals surface area (Å²) in [5.41, 5.74) is 1.35. The van der Waals surface area contributed by atoms with Gasteiger partial charge in [0, 0.05) is 28.3 Å². The molecule has 0 aliphatic carbocycles. The van der Waals surface area contributed by atoms with Crippen LogP contribution in [0.25, 0.3) is 22.9 Å². The van der Waals surface area contributed by atoms with Gasteiger partial charge in [0.05, 0.1) is 10.2 Å². The van der Waals surface area contributed by atoms with Crippen molar-refractivity contribution in [3.63, 3.8) is 0 Å². The lowest BCUT2D eigenvalue weighted by Crippen LogP contribution is -1.88. The first-order chi connectivity index (χ1) is 14.0. The summed E-state index contributed by atoms with van der Waals surface area (Å²) < 4.78 is 11.4. The molecule has 0 radical (unpaired) electrons. The van der Waals surface area contributed by atoms with Crippen molar-refractivity contribution >= 4 is 29.1 Å². The van der Waals surface area contributed by atoms with Gasteiger partial charge < -0.3 is 8.83 Å². The maximum atomic E-state index is 10.7. The van der Waals surface area contributed by atoms with Crippen molar-refractivity contribution in [2.24, 2.45) is 0 Å². The van der Waals surface area contributed by atoms with Crippen molar-refractivity contribution in [1.82, 2.24) is 20.4 Å². The summed E-state index contributed by atoms with van der Waals surface area (Å²) in [6.45, 7) is 1.87. The normalized spacial score (nSPS) is 12.1. The molecule has 2 aromatic heterocycles. The fourth-order valence-corrected chi connectivity index (χ4v) is 3.25. The number of hydrogen-bond acceptors (Lipinski definition) is 9. The van der Waals surface area contributed by atoms with Crippen molar-refractivity contribution in [3.8, 4) is 22.9 Å². The number of aromatic nitrogens is 4. The van der Waals surface area contributed by atoms with Crippen molar-refractivity contribution < 1.29 is 13.8 Å². The molecular weight excluding hydrogens is 418 g/mol. The van der Waals surface area contributed by atoms with E-state index in [2.05, 4.69) is 20.4 Å². The average Bonchev–Trinajstić information content (AvgIpc) is 3.38. The van der Waals surface area contributed by atoms with Gasteiger partial charge in [0.1, 0.15) is 0 Å². The van der Waals surface area contributed by atoms with Crippen molar-refractivity contribution in [1.29, 1.82) is 0 Å². The fourth-order valence-electron chi connectivity index (χ4n) is 2.41. The molecule has 0 amide bonds. The monoisotopic (exact) mass is 429 g/mol. The Morgan fingerprint density at radius 3 is 2.17 bits per heavy atom. The summed E-state index contributed by atoms with van der Waals surface area (Å²) in [7, 11) is 0. The van der Waals surface area contributed by atoms with Gasteiger partial charge in [-0.15, -0.1) is 20.4 Å². The number of nitro groups is 1. The van der Waals surface area contributed by atoms with Gasteiger partial charge in [-0.1, -0.05) is 23.4 Å². The molecule has 2 aromatic carbocycles. The summed E-state index contributed by atoms with van der Waals surface area (Å²) >= 11 is 7.16. The lowest BCUT2D eigenvalue weighted by molar-refractivity contribution is -0.384. The molecular formula is C18H12ClN5O4S. The van der Waals surface area contributed by atoms with E-state index >= 15 is 0 Å². The molecule has 29 heavy (non-hydrogen) atoms. The Labute approximate surface area is 173 Å². The van der Waals surface area contributed by atoms with Crippen LogP contribution in [0.15, 0.2) is 62.6 Å². The topological polar surface area (TPSA) is 121 Å². The molecule has 0 fully saturated rings. The smallest absolute Gasteiger partial charge is 0.277 e. The van der Waals surface area contributed by atoms with E-state index in [1.165, 1.54) is 23.9 Å². The second-order valence-electron chi connectivity index (χ2n) is 5.89. The largest absolute Gasteiger partial charge is 0.419 e. The van der Waals surface area contributed by atoms with E-state index in [4.69, 9.17) is 20.4 Å². The van der Waals surface area contributed by atoms with Crippen LogP contribution in [0.1, 0.15) is 18.1 Å². The minimum absolute atomic E-state index is 0.00898. The van der Waals surface area contributed by atoms with Gasteiger partial charge >= 0.3 is 0 Å². The number of halogens is 1. The zero-order valence-electron chi connectivity index (χ0n) is 14.9. The number of non-ortho nitro benzene ring substituents is 1. The van der Waals surface area contributed by atoms with Crippen molar-refractivity contribution in [2.75, 3.05) is 0 Å². The van der Waals surface area contributed by atoms with Gasteiger partial charge in [-0.2, -0.15) is 0 Å². The third-order valence-corrected chi connectivity index (χ3v) is 5.06. The molecule has 0 aliphatic rings. The molecule has 1 atom stereocenters. The van der Waals surface area contributed by atoms with Crippen LogP contribution in [0.2, 0.25) is 5.02 Å². The summed E-state index contributed by atoms with van der Waals surface area (Å²) in [6, 6.07) is 13.0. The molecule has 11 heteroatoms. The molecule has 4 aromatic rings. The number of benzene rings is 2. The Morgan fingerprint density at radius 1 is 0.931 bits per heavy atom. The highest BCUT2D eigenvalue weighted by atomic mass is 35.5. The SMILES string of the molecule is CC(Sc1nnc(-c2ccc(Cl)cc2)o1)c1nnc(-c2ccc([N+](=O)[O-])cc2)o1. The van der Waals surface area contributed by atoms with Crippen LogP contribution in [-0.2, 0) is 0 Å². The van der Waals surface area contributed by atoms with Crippen LogP contribution in [0, 0.1) is 10.1 Å². The van der Waals surface area contributed by atoms with Crippen LogP contribution >= 0.6 is 23.4 Å². The predicted octanol–water partition coefficient (Wildman–Crippen LogP) is 5.20. The molecule has 0 spiro atoms. The third kappa shape index (κ3) is 4.28. The van der Waals surface area contributed by atoms with Crippen LogP contribution in [-0.4, -0.2) is 25.3 Å². The maximum Gasteiger partial charge on any atom is 0.277 e. The van der Waals surface area contributed by atoms with Gasteiger partial charge in [0.25, 0.3) is 10.9 Å². The Kier molecular flexibility index (Phi) is 5.28. The van der Waals surface area contributed by atoms with E-state index < -0.39 is 4.92 Å². The molecule has 0 saturated heterocycles. The van der Waals surface area contributed by atoms with Crippen LogP contribution in [0.5, 0.6) is 0 Å². The summed E-state index contributed by atoms with van der Waals surface area (Å²) in [4.78, 5) is 10.3. The molecule has 0 saturated carbocycles. The first-order valence-electron chi connectivity index (χ1n) is 8.34. The Morgan fingerprint density at radius 2 is 1.52 bits per heavy atom. The second kappa shape index (κ2) is 8.02. The standard InChI is InChI=1S/C18H12ClN5O4S/c1-10(29-18-23-22-17(28-18)11-2-6-13(19)7-3-11)15-20-21-16(27-15)12-4-8-14(9-5-12)24(25)26/h2-10H,1H3. The molecule has 0 N–H and O–H groups in total. The molecule has 4 rings (SSSR count). The first-order valence-corrected chi connectivity index (χ1v) is 9.59. The third-order valence-electron chi connectivity index (χ3n) is 3.89.